The van der Waals surface area contributed by atoms with Crippen molar-refractivity contribution in [1.82, 2.24) is 14.3 Å². The van der Waals surface area contributed by atoms with Crippen molar-refractivity contribution in [3.05, 3.63) is 35.8 Å². The van der Waals surface area contributed by atoms with Gasteiger partial charge in [0, 0.05) is 19.3 Å². The van der Waals surface area contributed by atoms with E-state index in [1.807, 2.05) is 13.8 Å². The maximum atomic E-state index is 13.3. The zero-order chi connectivity index (χ0) is 16.8. The maximum Gasteiger partial charge on any atom is 0.435 e. The highest BCUT2D eigenvalue weighted by molar-refractivity contribution is 5.95. The van der Waals surface area contributed by atoms with Gasteiger partial charge in [-0.3, -0.25) is 9.20 Å². The molecular formula is C16H18F3N3O. The summed E-state index contributed by atoms with van der Waals surface area (Å²) < 4.78 is 41.2. The van der Waals surface area contributed by atoms with Gasteiger partial charge in [0.2, 0.25) is 0 Å². The number of carbonyl (C=O) groups excluding carboxylic acids is 1. The van der Waals surface area contributed by atoms with Crippen molar-refractivity contribution in [2.24, 2.45) is 11.8 Å². The molecule has 1 fully saturated rings. The summed E-state index contributed by atoms with van der Waals surface area (Å²) in [5.41, 5.74) is -1.38. The van der Waals surface area contributed by atoms with Gasteiger partial charge in [0.1, 0.15) is 11.3 Å². The van der Waals surface area contributed by atoms with Gasteiger partial charge in [0.25, 0.3) is 5.91 Å². The van der Waals surface area contributed by atoms with E-state index >= 15 is 0 Å². The Labute approximate surface area is 131 Å². The van der Waals surface area contributed by atoms with Gasteiger partial charge in [-0.05, 0) is 30.4 Å². The minimum absolute atomic E-state index is 0.126. The predicted octanol–water partition coefficient (Wildman–Crippen LogP) is 3.47. The summed E-state index contributed by atoms with van der Waals surface area (Å²) in [4.78, 5) is 17.9. The average molecular weight is 325 g/mol. The number of likely N-dealkylation sites (tertiary alicyclic amines) is 1. The molecule has 0 saturated carbocycles. The standard InChI is InChI=1S/C16H18F3N3O/c1-10-7-11(2)9-21(8-10)15(23)13-14(16(17,18)19)20-12-5-3-4-6-22(12)13/h3-6,10-11H,7-9H2,1-2H3. The van der Waals surface area contributed by atoms with Crippen molar-refractivity contribution in [1.29, 1.82) is 0 Å². The molecule has 1 aliphatic rings. The number of fused-ring (bicyclic) bond motifs is 1. The van der Waals surface area contributed by atoms with Gasteiger partial charge in [-0.1, -0.05) is 19.9 Å². The van der Waals surface area contributed by atoms with Crippen molar-refractivity contribution in [3.63, 3.8) is 0 Å². The second-order valence-corrected chi connectivity index (χ2v) is 6.39. The van der Waals surface area contributed by atoms with Gasteiger partial charge >= 0.3 is 6.18 Å². The second-order valence-electron chi connectivity index (χ2n) is 6.39. The number of alkyl halides is 3. The topological polar surface area (TPSA) is 37.6 Å². The third-order valence-corrected chi connectivity index (χ3v) is 4.16. The molecule has 0 aromatic carbocycles. The molecule has 0 N–H and O–H groups in total. The molecule has 4 nitrogen and oxygen atoms in total. The van der Waals surface area contributed by atoms with Crippen LogP contribution in [0.1, 0.15) is 36.5 Å². The zero-order valence-corrected chi connectivity index (χ0v) is 13.0. The summed E-state index contributed by atoms with van der Waals surface area (Å²) in [6.45, 7) is 4.96. The van der Waals surface area contributed by atoms with E-state index in [4.69, 9.17) is 0 Å². The Morgan fingerprint density at radius 2 is 1.87 bits per heavy atom. The first-order valence-electron chi connectivity index (χ1n) is 7.61. The molecular weight excluding hydrogens is 307 g/mol. The Morgan fingerprint density at radius 1 is 1.22 bits per heavy atom. The van der Waals surface area contributed by atoms with E-state index in [-0.39, 0.29) is 17.5 Å². The van der Waals surface area contributed by atoms with E-state index in [1.165, 1.54) is 21.6 Å². The lowest BCUT2D eigenvalue weighted by atomic mass is 9.91. The average Bonchev–Trinajstić information content (AvgIpc) is 2.85. The monoisotopic (exact) mass is 325 g/mol. The molecule has 0 bridgehead atoms. The molecule has 1 saturated heterocycles. The number of rotatable bonds is 1. The lowest BCUT2D eigenvalue weighted by molar-refractivity contribution is -0.141. The highest BCUT2D eigenvalue weighted by atomic mass is 19.4. The van der Waals surface area contributed by atoms with E-state index in [1.54, 1.807) is 12.1 Å². The molecule has 2 aromatic heterocycles. The molecule has 3 heterocycles. The normalized spacial score (nSPS) is 22.6. The number of piperidine rings is 1. The van der Waals surface area contributed by atoms with E-state index in [9.17, 15) is 18.0 Å². The quantitative estimate of drug-likeness (QED) is 0.805. The van der Waals surface area contributed by atoms with Crippen LogP contribution in [-0.4, -0.2) is 33.3 Å². The SMILES string of the molecule is CC1CC(C)CN(C(=O)c2c(C(F)(F)F)nc3ccccn23)C1. The minimum Gasteiger partial charge on any atom is -0.337 e. The van der Waals surface area contributed by atoms with Crippen LogP contribution in [0.15, 0.2) is 24.4 Å². The molecule has 1 amide bonds. The van der Waals surface area contributed by atoms with Crippen LogP contribution in [0.3, 0.4) is 0 Å². The molecule has 0 spiro atoms. The Bertz CT molecular complexity index is 728. The van der Waals surface area contributed by atoms with E-state index in [2.05, 4.69) is 4.98 Å². The molecule has 7 heteroatoms. The molecule has 0 aliphatic carbocycles. The zero-order valence-electron chi connectivity index (χ0n) is 13.0. The predicted molar refractivity (Wildman–Crippen MR) is 79.0 cm³/mol. The van der Waals surface area contributed by atoms with Crippen molar-refractivity contribution < 1.29 is 18.0 Å². The molecule has 124 valence electrons. The molecule has 2 aromatic rings. The minimum atomic E-state index is -4.66. The van der Waals surface area contributed by atoms with Crippen molar-refractivity contribution in [2.45, 2.75) is 26.4 Å². The second kappa shape index (κ2) is 5.54. The number of hydrogen-bond donors (Lipinski definition) is 0. The fourth-order valence-corrected chi connectivity index (χ4v) is 3.38. The van der Waals surface area contributed by atoms with Crippen molar-refractivity contribution in [3.8, 4) is 0 Å². The van der Waals surface area contributed by atoms with Crippen LogP contribution in [-0.2, 0) is 6.18 Å². The molecule has 0 radical (unpaired) electrons. The number of imidazole rings is 1. The maximum absolute atomic E-state index is 13.3. The lowest BCUT2D eigenvalue weighted by Crippen LogP contribution is -2.43. The number of hydrogen-bond acceptors (Lipinski definition) is 2. The number of aromatic nitrogens is 2. The van der Waals surface area contributed by atoms with Crippen LogP contribution in [0, 0.1) is 11.8 Å². The number of carbonyl (C=O) groups is 1. The highest BCUT2D eigenvalue weighted by Crippen LogP contribution is 2.33. The van der Waals surface area contributed by atoms with Gasteiger partial charge in [-0.15, -0.1) is 0 Å². The first kappa shape index (κ1) is 15.8. The summed E-state index contributed by atoms with van der Waals surface area (Å²) in [5.74, 6) is -0.0538. The van der Waals surface area contributed by atoms with Crippen molar-refractivity contribution in [2.75, 3.05) is 13.1 Å². The number of amides is 1. The van der Waals surface area contributed by atoms with E-state index in [0.29, 0.717) is 13.1 Å². The van der Waals surface area contributed by atoms with Crippen LogP contribution < -0.4 is 0 Å². The Morgan fingerprint density at radius 3 is 2.48 bits per heavy atom. The summed E-state index contributed by atoms with van der Waals surface area (Å²) >= 11 is 0. The van der Waals surface area contributed by atoms with Gasteiger partial charge in [0.15, 0.2) is 5.69 Å². The van der Waals surface area contributed by atoms with Crippen LogP contribution >= 0.6 is 0 Å². The molecule has 3 rings (SSSR count). The first-order chi connectivity index (χ1) is 10.8. The Balaban J connectivity index is 2.09. The smallest absolute Gasteiger partial charge is 0.337 e. The van der Waals surface area contributed by atoms with Gasteiger partial charge in [-0.25, -0.2) is 4.98 Å². The molecule has 2 unspecified atom stereocenters. The van der Waals surface area contributed by atoms with Crippen LogP contribution in [0.25, 0.3) is 5.65 Å². The Hall–Kier alpha value is -2.05. The largest absolute Gasteiger partial charge is 0.435 e. The van der Waals surface area contributed by atoms with Gasteiger partial charge in [-0.2, -0.15) is 13.2 Å². The summed E-state index contributed by atoms with van der Waals surface area (Å²) in [6.07, 6.45) is -2.24. The van der Waals surface area contributed by atoms with Crippen LogP contribution in [0.5, 0.6) is 0 Å². The van der Waals surface area contributed by atoms with Crippen LogP contribution in [0.4, 0.5) is 13.2 Å². The third-order valence-electron chi connectivity index (χ3n) is 4.16. The van der Waals surface area contributed by atoms with E-state index < -0.39 is 23.5 Å². The highest BCUT2D eigenvalue weighted by Gasteiger charge is 2.41. The number of pyridine rings is 1. The fraction of sp³-hybridized carbons (Fsp3) is 0.500. The summed E-state index contributed by atoms with van der Waals surface area (Å²) in [5, 5.41) is 0. The van der Waals surface area contributed by atoms with Crippen molar-refractivity contribution >= 4 is 11.6 Å². The lowest BCUT2D eigenvalue weighted by Gasteiger charge is -2.35. The Kier molecular flexibility index (Phi) is 3.82. The van der Waals surface area contributed by atoms with Gasteiger partial charge in [0.05, 0.1) is 0 Å². The third kappa shape index (κ3) is 2.92. The van der Waals surface area contributed by atoms with Crippen LogP contribution in [0.2, 0.25) is 0 Å². The fourth-order valence-electron chi connectivity index (χ4n) is 3.38. The number of halogens is 3. The molecule has 1 aliphatic heterocycles. The number of nitrogens with zero attached hydrogens (tertiary/aromatic N) is 3. The first-order valence-corrected chi connectivity index (χ1v) is 7.61. The summed E-state index contributed by atoms with van der Waals surface area (Å²) in [7, 11) is 0. The summed E-state index contributed by atoms with van der Waals surface area (Å²) in [6, 6.07) is 4.66. The van der Waals surface area contributed by atoms with E-state index in [0.717, 1.165) is 6.42 Å². The van der Waals surface area contributed by atoms with Gasteiger partial charge < -0.3 is 4.90 Å². The molecule has 2 atom stereocenters. The molecule has 23 heavy (non-hydrogen) atoms.